The van der Waals surface area contributed by atoms with Gasteiger partial charge in [0.05, 0.1) is 6.10 Å². The van der Waals surface area contributed by atoms with E-state index in [-0.39, 0.29) is 6.03 Å². The van der Waals surface area contributed by atoms with Crippen LogP contribution in [0.2, 0.25) is 5.02 Å². The summed E-state index contributed by atoms with van der Waals surface area (Å²) in [6.07, 6.45) is 4.71. The summed E-state index contributed by atoms with van der Waals surface area (Å²) in [5.74, 6) is 0. The van der Waals surface area contributed by atoms with E-state index >= 15 is 0 Å². The van der Waals surface area contributed by atoms with Crippen LogP contribution in [0.3, 0.4) is 0 Å². The summed E-state index contributed by atoms with van der Waals surface area (Å²) in [6, 6.07) is 7.45. The molecule has 1 aliphatic rings. The molecule has 1 fully saturated rings. The molecule has 0 spiro atoms. The molecule has 0 aromatic heterocycles. The van der Waals surface area contributed by atoms with Crippen LogP contribution in [0.1, 0.15) is 31.2 Å². The lowest BCUT2D eigenvalue weighted by atomic mass is 10.1. The van der Waals surface area contributed by atoms with Gasteiger partial charge in [-0.2, -0.15) is 0 Å². The maximum atomic E-state index is 12.0. The Morgan fingerprint density at radius 2 is 2.33 bits per heavy atom. The van der Waals surface area contributed by atoms with Gasteiger partial charge in [-0.1, -0.05) is 23.7 Å². The molecule has 1 aromatic carbocycles. The van der Waals surface area contributed by atoms with Crippen LogP contribution in [0.5, 0.6) is 0 Å². The van der Waals surface area contributed by atoms with Crippen molar-refractivity contribution in [2.75, 3.05) is 20.2 Å². The zero-order valence-electron chi connectivity index (χ0n) is 12.5. The fourth-order valence-corrected chi connectivity index (χ4v) is 2.65. The van der Waals surface area contributed by atoms with Crippen molar-refractivity contribution in [2.24, 2.45) is 0 Å². The second-order valence-corrected chi connectivity index (χ2v) is 5.92. The summed E-state index contributed by atoms with van der Waals surface area (Å²) in [6.45, 7) is 2.06. The summed E-state index contributed by atoms with van der Waals surface area (Å²) >= 11 is 5.92. The number of nitrogens with zero attached hydrogens (tertiary/aromatic N) is 1. The van der Waals surface area contributed by atoms with E-state index in [0.29, 0.717) is 24.2 Å². The fourth-order valence-electron chi connectivity index (χ4n) is 2.43. The van der Waals surface area contributed by atoms with E-state index in [1.54, 1.807) is 4.90 Å². The average Bonchev–Trinajstić information content (AvgIpc) is 2.51. The van der Waals surface area contributed by atoms with Crippen LogP contribution >= 0.6 is 11.6 Å². The number of carbonyl (C=O) groups is 1. The average molecular weight is 311 g/mol. The van der Waals surface area contributed by atoms with Gasteiger partial charge in [-0.15, -0.1) is 0 Å². The normalized spacial score (nSPS) is 18.3. The van der Waals surface area contributed by atoms with Gasteiger partial charge in [0.1, 0.15) is 0 Å². The van der Waals surface area contributed by atoms with E-state index in [2.05, 4.69) is 5.32 Å². The van der Waals surface area contributed by atoms with Crippen molar-refractivity contribution in [2.45, 2.75) is 38.3 Å². The Morgan fingerprint density at radius 3 is 3.05 bits per heavy atom. The van der Waals surface area contributed by atoms with E-state index in [0.717, 1.165) is 31.4 Å². The first-order valence-electron chi connectivity index (χ1n) is 7.50. The molecular weight excluding hydrogens is 288 g/mol. The molecule has 5 heteroatoms. The third-order valence-corrected chi connectivity index (χ3v) is 3.98. The van der Waals surface area contributed by atoms with E-state index in [4.69, 9.17) is 16.3 Å². The molecule has 1 atom stereocenters. The van der Waals surface area contributed by atoms with Gasteiger partial charge in [0.25, 0.3) is 0 Å². The van der Waals surface area contributed by atoms with Crippen LogP contribution in [0.15, 0.2) is 24.3 Å². The lowest BCUT2D eigenvalue weighted by Gasteiger charge is -2.25. The monoisotopic (exact) mass is 310 g/mol. The highest BCUT2D eigenvalue weighted by atomic mass is 35.5. The fraction of sp³-hybridized carbons (Fsp3) is 0.562. The van der Waals surface area contributed by atoms with Crippen LogP contribution < -0.4 is 5.32 Å². The number of nitrogens with one attached hydrogen (secondary N) is 1. The number of ether oxygens (including phenoxy) is 1. The van der Waals surface area contributed by atoms with Crippen molar-refractivity contribution < 1.29 is 9.53 Å². The third-order valence-electron chi connectivity index (χ3n) is 3.74. The Bertz CT molecular complexity index is 461. The van der Waals surface area contributed by atoms with Gasteiger partial charge in [-0.05, 0) is 43.4 Å². The van der Waals surface area contributed by atoms with Crippen molar-refractivity contribution in [3.05, 3.63) is 34.9 Å². The quantitative estimate of drug-likeness (QED) is 0.905. The lowest BCUT2D eigenvalue weighted by Crippen LogP contribution is -2.38. The maximum absolute atomic E-state index is 12.0. The Hall–Kier alpha value is -1.26. The number of carbonyl (C=O) groups excluding carboxylic acids is 1. The number of urea groups is 1. The smallest absolute Gasteiger partial charge is 0.317 e. The molecule has 1 unspecified atom stereocenters. The molecule has 1 heterocycles. The zero-order chi connectivity index (χ0) is 15.1. The SMILES string of the molecule is CN(CCC1CCCCO1)C(=O)NCc1cccc(Cl)c1. The van der Waals surface area contributed by atoms with Crippen molar-refractivity contribution in [1.82, 2.24) is 10.2 Å². The van der Waals surface area contributed by atoms with Crippen molar-refractivity contribution >= 4 is 17.6 Å². The van der Waals surface area contributed by atoms with Crippen LogP contribution in [-0.2, 0) is 11.3 Å². The van der Waals surface area contributed by atoms with Gasteiger partial charge in [-0.25, -0.2) is 4.79 Å². The summed E-state index contributed by atoms with van der Waals surface area (Å²) in [5.41, 5.74) is 1.000. The summed E-state index contributed by atoms with van der Waals surface area (Å²) in [7, 11) is 1.82. The van der Waals surface area contributed by atoms with E-state index in [1.807, 2.05) is 31.3 Å². The minimum Gasteiger partial charge on any atom is -0.378 e. The third kappa shape index (κ3) is 5.56. The molecule has 1 N–H and O–H groups in total. The van der Waals surface area contributed by atoms with E-state index in [9.17, 15) is 4.79 Å². The number of benzene rings is 1. The molecule has 116 valence electrons. The van der Waals surface area contributed by atoms with E-state index in [1.165, 1.54) is 6.42 Å². The predicted octanol–water partition coefficient (Wildman–Crippen LogP) is 3.44. The highest BCUT2D eigenvalue weighted by Crippen LogP contribution is 2.15. The Kier molecular flexibility index (Phi) is 6.33. The highest BCUT2D eigenvalue weighted by molar-refractivity contribution is 6.30. The summed E-state index contributed by atoms with van der Waals surface area (Å²) in [4.78, 5) is 13.7. The first-order valence-corrected chi connectivity index (χ1v) is 7.88. The Morgan fingerprint density at radius 1 is 1.48 bits per heavy atom. The van der Waals surface area contributed by atoms with Crippen LogP contribution in [0, 0.1) is 0 Å². The minimum atomic E-state index is -0.0641. The van der Waals surface area contributed by atoms with Gasteiger partial charge in [0.2, 0.25) is 0 Å². The maximum Gasteiger partial charge on any atom is 0.317 e. The molecule has 0 aliphatic carbocycles. The first kappa shape index (κ1) is 16.1. The van der Waals surface area contributed by atoms with Gasteiger partial charge in [0.15, 0.2) is 0 Å². The van der Waals surface area contributed by atoms with Gasteiger partial charge >= 0.3 is 6.03 Å². The Labute approximate surface area is 131 Å². The topological polar surface area (TPSA) is 41.6 Å². The molecule has 1 aliphatic heterocycles. The van der Waals surface area contributed by atoms with Crippen molar-refractivity contribution in [1.29, 1.82) is 0 Å². The molecule has 2 rings (SSSR count). The Balaban J connectivity index is 1.69. The predicted molar refractivity (Wildman–Crippen MR) is 84.5 cm³/mol. The largest absolute Gasteiger partial charge is 0.378 e. The molecule has 0 saturated carbocycles. The second kappa shape index (κ2) is 8.25. The highest BCUT2D eigenvalue weighted by Gasteiger charge is 2.16. The van der Waals surface area contributed by atoms with Gasteiger partial charge in [0, 0.05) is 31.8 Å². The minimum absolute atomic E-state index is 0.0641. The number of rotatable bonds is 5. The van der Waals surface area contributed by atoms with Crippen LogP contribution in [0.4, 0.5) is 4.79 Å². The van der Waals surface area contributed by atoms with Gasteiger partial charge in [-0.3, -0.25) is 0 Å². The molecule has 2 amide bonds. The van der Waals surface area contributed by atoms with Crippen LogP contribution in [0.25, 0.3) is 0 Å². The molecular formula is C16H23ClN2O2. The number of amides is 2. The van der Waals surface area contributed by atoms with Crippen molar-refractivity contribution in [3.63, 3.8) is 0 Å². The van der Waals surface area contributed by atoms with Crippen LogP contribution in [-0.4, -0.2) is 37.2 Å². The summed E-state index contributed by atoms with van der Waals surface area (Å²) < 4.78 is 5.68. The molecule has 21 heavy (non-hydrogen) atoms. The first-order chi connectivity index (χ1) is 10.1. The lowest BCUT2D eigenvalue weighted by molar-refractivity contribution is 0.00827. The zero-order valence-corrected chi connectivity index (χ0v) is 13.2. The molecule has 4 nitrogen and oxygen atoms in total. The molecule has 0 bridgehead atoms. The number of hydrogen-bond acceptors (Lipinski definition) is 2. The molecule has 1 saturated heterocycles. The second-order valence-electron chi connectivity index (χ2n) is 5.49. The number of hydrogen-bond donors (Lipinski definition) is 1. The van der Waals surface area contributed by atoms with Crippen molar-refractivity contribution in [3.8, 4) is 0 Å². The summed E-state index contributed by atoms with van der Waals surface area (Å²) in [5, 5.41) is 3.59. The standard InChI is InChI=1S/C16H23ClN2O2/c1-19(9-8-15-7-2-3-10-21-15)16(20)18-12-13-5-4-6-14(17)11-13/h4-6,11,15H,2-3,7-10,12H2,1H3,(H,18,20). The van der Waals surface area contributed by atoms with E-state index < -0.39 is 0 Å². The van der Waals surface area contributed by atoms with Gasteiger partial charge < -0.3 is 15.0 Å². The number of halogens is 1. The molecule has 0 radical (unpaired) electrons. The molecule has 1 aromatic rings.